The lowest BCUT2D eigenvalue weighted by atomic mass is 9.84. The van der Waals surface area contributed by atoms with Crippen LogP contribution in [-0.2, 0) is 23.5 Å². The van der Waals surface area contributed by atoms with E-state index in [4.69, 9.17) is 0 Å². The predicted octanol–water partition coefficient (Wildman–Crippen LogP) is 5.27. The van der Waals surface area contributed by atoms with Crippen LogP contribution in [0.2, 0.25) is 0 Å². The molecule has 172 valence electrons. The molecule has 4 nitrogen and oxygen atoms in total. The number of aliphatic hydroxyl groups is 1. The van der Waals surface area contributed by atoms with Crippen LogP contribution in [0.3, 0.4) is 0 Å². The molecule has 1 amide bonds. The van der Waals surface area contributed by atoms with Gasteiger partial charge in [0.1, 0.15) is 0 Å². The van der Waals surface area contributed by atoms with Gasteiger partial charge < -0.3 is 5.11 Å². The van der Waals surface area contributed by atoms with Crippen LogP contribution >= 0.6 is 0 Å². The standard InChI is InChI=1S/C30H30N2O2/c1-23-11-9-17-27(19-23)30(34,28-18-10-12-24(2)20-28)29(33)31-32(21-25-13-5-3-6-14-25)22-26-15-7-4-8-16-26/h3-20,34H,21-22H2,1-2H3,(H,31,33). The van der Waals surface area contributed by atoms with Gasteiger partial charge in [0, 0.05) is 13.1 Å². The number of aryl methyl sites for hydroxylation is 2. The average Bonchev–Trinajstić information content (AvgIpc) is 2.84. The highest BCUT2D eigenvalue weighted by atomic mass is 16.3. The van der Waals surface area contributed by atoms with Crippen molar-refractivity contribution in [3.05, 3.63) is 143 Å². The monoisotopic (exact) mass is 450 g/mol. The third-order valence-electron chi connectivity index (χ3n) is 5.89. The molecular weight excluding hydrogens is 420 g/mol. The molecule has 0 aliphatic rings. The zero-order chi connectivity index (χ0) is 24.0. The van der Waals surface area contributed by atoms with Gasteiger partial charge in [0.15, 0.2) is 5.60 Å². The molecule has 0 saturated heterocycles. The molecule has 0 aromatic heterocycles. The Balaban J connectivity index is 1.71. The van der Waals surface area contributed by atoms with Crippen molar-refractivity contribution in [1.82, 2.24) is 10.4 Å². The first kappa shape index (κ1) is 23.4. The smallest absolute Gasteiger partial charge is 0.275 e. The lowest BCUT2D eigenvalue weighted by Crippen LogP contribution is -2.51. The van der Waals surface area contributed by atoms with Gasteiger partial charge in [0.05, 0.1) is 0 Å². The highest BCUT2D eigenvalue weighted by molar-refractivity contribution is 5.89. The topological polar surface area (TPSA) is 52.6 Å². The molecule has 0 atom stereocenters. The summed E-state index contributed by atoms with van der Waals surface area (Å²) >= 11 is 0. The number of rotatable bonds is 8. The molecule has 0 aliphatic carbocycles. The van der Waals surface area contributed by atoms with Gasteiger partial charge in [-0.2, -0.15) is 0 Å². The third-order valence-corrected chi connectivity index (χ3v) is 5.89. The SMILES string of the molecule is Cc1cccc(C(O)(C(=O)NN(Cc2ccccc2)Cc2ccccc2)c2cccc(C)c2)c1. The lowest BCUT2D eigenvalue weighted by Gasteiger charge is -2.32. The first-order chi connectivity index (χ1) is 16.4. The Bertz CT molecular complexity index is 1150. The van der Waals surface area contributed by atoms with E-state index in [1.165, 1.54) is 0 Å². The molecule has 0 unspecified atom stereocenters. The van der Waals surface area contributed by atoms with Gasteiger partial charge in [0.2, 0.25) is 0 Å². The maximum Gasteiger partial charge on any atom is 0.275 e. The Labute approximate surface area is 201 Å². The molecule has 0 spiro atoms. The largest absolute Gasteiger partial charge is 0.372 e. The van der Waals surface area contributed by atoms with Crippen LogP contribution in [0.1, 0.15) is 33.4 Å². The molecule has 4 aromatic rings. The Morgan fingerprint density at radius 3 is 1.56 bits per heavy atom. The van der Waals surface area contributed by atoms with E-state index in [1.54, 1.807) is 12.1 Å². The Morgan fingerprint density at radius 2 is 1.15 bits per heavy atom. The van der Waals surface area contributed by atoms with Gasteiger partial charge in [-0.3, -0.25) is 10.2 Å². The van der Waals surface area contributed by atoms with Crippen molar-refractivity contribution in [2.75, 3.05) is 0 Å². The van der Waals surface area contributed by atoms with E-state index >= 15 is 0 Å². The molecule has 34 heavy (non-hydrogen) atoms. The van der Waals surface area contributed by atoms with Crippen molar-refractivity contribution in [1.29, 1.82) is 0 Å². The molecule has 2 N–H and O–H groups in total. The highest BCUT2D eigenvalue weighted by Gasteiger charge is 2.41. The summed E-state index contributed by atoms with van der Waals surface area (Å²) in [6, 6.07) is 34.9. The summed E-state index contributed by atoms with van der Waals surface area (Å²) in [6.07, 6.45) is 0. The molecule has 0 fully saturated rings. The number of hydrazine groups is 1. The van der Waals surface area contributed by atoms with Crippen LogP contribution in [0.4, 0.5) is 0 Å². The van der Waals surface area contributed by atoms with Crippen molar-refractivity contribution in [2.45, 2.75) is 32.5 Å². The molecule has 0 radical (unpaired) electrons. The summed E-state index contributed by atoms with van der Waals surface area (Å²) in [5.41, 5.74) is 6.34. The van der Waals surface area contributed by atoms with Crippen LogP contribution in [0.15, 0.2) is 109 Å². The van der Waals surface area contributed by atoms with Crippen molar-refractivity contribution in [3.8, 4) is 0 Å². The minimum Gasteiger partial charge on any atom is -0.372 e. The van der Waals surface area contributed by atoms with E-state index in [0.717, 1.165) is 22.3 Å². The number of nitrogens with one attached hydrogen (secondary N) is 1. The summed E-state index contributed by atoms with van der Waals surface area (Å²) in [7, 11) is 0. The number of hydrogen-bond donors (Lipinski definition) is 2. The van der Waals surface area contributed by atoms with E-state index in [-0.39, 0.29) is 0 Å². The second-order valence-electron chi connectivity index (χ2n) is 8.72. The quantitative estimate of drug-likeness (QED) is 0.360. The van der Waals surface area contributed by atoms with Crippen molar-refractivity contribution in [2.24, 2.45) is 0 Å². The van der Waals surface area contributed by atoms with Crippen molar-refractivity contribution in [3.63, 3.8) is 0 Å². The maximum atomic E-state index is 13.9. The Hall–Kier alpha value is -3.73. The van der Waals surface area contributed by atoms with Gasteiger partial charge in [-0.05, 0) is 36.1 Å². The maximum absolute atomic E-state index is 13.9. The van der Waals surface area contributed by atoms with Crippen LogP contribution in [0, 0.1) is 13.8 Å². The van der Waals surface area contributed by atoms with Crippen molar-refractivity contribution >= 4 is 5.91 Å². The number of benzene rings is 4. The molecule has 4 aromatic carbocycles. The van der Waals surface area contributed by atoms with Crippen molar-refractivity contribution < 1.29 is 9.90 Å². The zero-order valence-electron chi connectivity index (χ0n) is 19.6. The second kappa shape index (κ2) is 10.5. The summed E-state index contributed by atoms with van der Waals surface area (Å²) in [6.45, 7) is 4.91. The van der Waals surface area contributed by atoms with Crippen LogP contribution < -0.4 is 5.43 Å². The third kappa shape index (κ3) is 5.42. The highest BCUT2D eigenvalue weighted by Crippen LogP contribution is 2.31. The Morgan fingerprint density at radius 1 is 0.706 bits per heavy atom. The number of carbonyl (C=O) groups excluding carboxylic acids is 1. The molecule has 4 rings (SSSR count). The fourth-order valence-corrected chi connectivity index (χ4v) is 4.14. The van der Waals surface area contributed by atoms with E-state index in [2.05, 4.69) is 5.43 Å². The van der Waals surface area contributed by atoms with Gasteiger partial charge in [0.25, 0.3) is 5.91 Å². The van der Waals surface area contributed by atoms with Gasteiger partial charge in [-0.15, -0.1) is 0 Å². The molecule has 0 bridgehead atoms. The van der Waals surface area contributed by atoms with Crippen LogP contribution in [-0.4, -0.2) is 16.0 Å². The van der Waals surface area contributed by atoms with E-state index in [9.17, 15) is 9.90 Å². The summed E-state index contributed by atoms with van der Waals surface area (Å²) < 4.78 is 0. The second-order valence-corrected chi connectivity index (χ2v) is 8.72. The van der Waals surface area contributed by atoms with Gasteiger partial charge >= 0.3 is 0 Å². The van der Waals surface area contributed by atoms with Crippen LogP contribution in [0.25, 0.3) is 0 Å². The average molecular weight is 451 g/mol. The molecule has 0 heterocycles. The number of hydrogen-bond acceptors (Lipinski definition) is 3. The summed E-state index contributed by atoms with van der Waals surface area (Å²) in [5.74, 6) is -0.490. The van der Waals surface area contributed by atoms with E-state index in [0.29, 0.717) is 24.2 Å². The lowest BCUT2D eigenvalue weighted by molar-refractivity contribution is -0.142. The minimum atomic E-state index is -1.84. The fourth-order valence-electron chi connectivity index (χ4n) is 4.14. The zero-order valence-corrected chi connectivity index (χ0v) is 19.6. The number of carbonyl (C=O) groups is 1. The summed E-state index contributed by atoms with van der Waals surface area (Å²) in [4.78, 5) is 13.9. The molecule has 0 aliphatic heterocycles. The fraction of sp³-hybridized carbons (Fsp3) is 0.167. The minimum absolute atomic E-state index is 0.490. The van der Waals surface area contributed by atoms with Crippen LogP contribution in [0.5, 0.6) is 0 Å². The Kier molecular flexibility index (Phi) is 7.21. The first-order valence-electron chi connectivity index (χ1n) is 11.5. The summed E-state index contributed by atoms with van der Waals surface area (Å²) in [5, 5.41) is 13.9. The van der Waals surface area contributed by atoms with E-state index < -0.39 is 11.5 Å². The molecular formula is C30H30N2O2. The van der Waals surface area contributed by atoms with Gasteiger partial charge in [-0.25, -0.2) is 5.01 Å². The van der Waals surface area contributed by atoms with E-state index in [1.807, 2.05) is 116 Å². The van der Waals surface area contributed by atoms with Gasteiger partial charge in [-0.1, -0.05) is 120 Å². The molecule has 4 heteroatoms. The normalized spacial score (nSPS) is 11.4. The predicted molar refractivity (Wildman–Crippen MR) is 136 cm³/mol. The number of nitrogens with zero attached hydrogens (tertiary/aromatic N) is 1. The first-order valence-corrected chi connectivity index (χ1v) is 11.5. The molecule has 0 saturated carbocycles. The number of amides is 1.